The quantitative estimate of drug-likeness (QED) is 0.611. The van der Waals surface area contributed by atoms with Gasteiger partial charge in [0.25, 0.3) is 0 Å². The summed E-state index contributed by atoms with van der Waals surface area (Å²) in [5, 5.41) is 2.34. The van der Waals surface area contributed by atoms with Crippen LogP contribution in [0.15, 0.2) is 22.8 Å². The highest BCUT2D eigenvalue weighted by molar-refractivity contribution is 8.02. The molecule has 0 atom stereocenters. The normalized spacial score (nSPS) is 18.7. The summed E-state index contributed by atoms with van der Waals surface area (Å²) in [4.78, 5) is 2.50. The molecule has 2 heterocycles. The van der Waals surface area contributed by atoms with Crippen LogP contribution < -0.4 is 0 Å². The Bertz CT molecular complexity index is 280. The molecule has 0 spiro atoms. The Morgan fingerprint density at radius 1 is 1.12 bits per heavy atom. The van der Waals surface area contributed by atoms with E-state index in [1.165, 1.54) is 57.4 Å². The number of hydrogen-bond donors (Lipinski definition) is 0. The maximum atomic E-state index is 2.50. The third-order valence-corrected chi connectivity index (χ3v) is 4.32. The van der Waals surface area contributed by atoms with Crippen molar-refractivity contribution >= 4 is 11.8 Å². The lowest BCUT2D eigenvalue weighted by Crippen LogP contribution is -2.16. The highest BCUT2D eigenvalue weighted by Gasteiger charge is 2.20. The SMILES string of the molecule is CCCCCCCCN1C=C2CSC=C2C1. The predicted octanol–water partition coefficient (Wildman–Crippen LogP) is 4.18. The fourth-order valence-corrected chi connectivity index (χ4v) is 3.33. The van der Waals surface area contributed by atoms with Crippen LogP contribution in [-0.4, -0.2) is 23.7 Å². The van der Waals surface area contributed by atoms with Crippen molar-refractivity contribution < 1.29 is 0 Å². The first kappa shape index (κ1) is 12.1. The fraction of sp³-hybridized carbons (Fsp3) is 0.714. The van der Waals surface area contributed by atoms with Crippen molar-refractivity contribution in [3.05, 3.63) is 22.8 Å². The molecule has 1 nitrogen and oxygen atoms in total. The van der Waals surface area contributed by atoms with E-state index >= 15 is 0 Å². The van der Waals surface area contributed by atoms with Crippen LogP contribution in [0, 0.1) is 0 Å². The van der Waals surface area contributed by atoms with Gasteiger partial charge in [0, 0.05) is 25.0 Å². The molecule has 2 aliphatic rings. The molecular formula is C14H23NS. The first-order valence-corrected chi connectivity index (χ1v) is 7.71. The fourth-order valence-electron chi connectivity index (χ4n) is 2.38. The smallest absolute Gasteiger partial charge is 0.0432 e. The molecule has 2 aliphatic heterocycles. The molecule has 0 saturated carbocycles. The van der Waals surface area contributed by atoms with Crippen molar-refractivity contribution in [2.45, 2.75) is 45.4 Å². The van der Waals surface area contributed by atoms with E-state index < -0.39 is 0 Å². The molecule has 0 aromatic rings. The van der Waals surface area contributed by atoms with Crippen molar-refractivity contribution in [2.24, 2.45) is 0 Å². The van der Waals surface area contributed by atoms with Gasteiger partial charge in [0.1, 0.15) is 0 Å². The lowest BCUT2D eigenvalue weighted by atomic mass is 10.1. The maximum Gasteiger partial charge on any atom is 0.0432 e. The largest absolute Gasteiger partial charge is 0.373 e. The maximum absolute atomic E-state index is 2.50. The molecule has 0 radical (unpaired) electrons. The van der Waals surface area contributed by atoms with Gasteiger partial charge in [-0.2, -0.15) is 0 Å². The van der Waals surface area contributed by atoms with E-state index in [2.05, 4.69) is 23.4 Å². The van der Waals surface area contributed by atoms with Gasteiger partial charge in [-0.05, 0) is 23.0 Å². The minimum Gasteiger partial charge on any atom is -0.373 e. The van der Waals surface area contributed by atoms with Crippen molar-refractivity contribution in [2.75, 3.05) is 18.8 Å². The molecular weight excluding hydrogens is 214 g/mol. The van der Waals surface area contributed by atoms with Gasteiger partial charge in [0.05, 0.1) is 0 Å². The molecule has 0 saturated heterocycles. The van der Waals surface area contributed by atoms with Gasteiger partial charge in [0.15, 0.2) is 0 Å². The Balaban J connectivity index is 1.55. The zero-order chi connectivity index (χ0) is 11.2. The monoisotopic (exact) mass is 237 g/mol. The topological polar surface area (TPSA) is 3.24 Å². The van der Waals surface area contributed by atoms with Crippen LogP contribution >= 0.6 is 11.8 Å². The zero-order valence-electron chi connectivity index (χ0n) is 10.4. The average molecular weight is 237 g/mol. The molecule has 2 rings (SSSR count). The van der Waals surface area contributed by atoms with E-state index in [0.717, 1.165) is 0 Å². The van der Waals surface area contributed by atoms with Crippen LogP contribution in [0.2, 0.25) is 0 Å². The Morgan fingerprint density at radius 2 is 1.94 bits per heavy atom. The zero-order valence-corrected chi connectivity index (χ0v) is 11.2. The molecule has 0 aromatic carbocycles. The highest BCUT2D eigenvalue weighted by atomic mass is 32.2. The predicted molar refractivity (Wildman–Crippen MR) is 73.6 cm³/mol. The number of hydrogen-bond acceptors (Lipinski definition) is 2. The van der Waals surface area contributed by atoms with Crippen LogP contribution in [0.4, 0.5) is 0 Å². The van der Waals surface area contributed by atoms with E-state index in [0.29, 0.717) is 0 Å². The summed E-state index contributed by atoms with van der Waals surface area (Å²) < 4.78 is 0. The minimum absolute atomic E-state index is 1.18. The van der Waals surface area contributed by atoms with Crippen molar-refractivity contribution in [3.63, 3.8) is 0 Å². The van der Waals surface area contributed by atoms with Crippen LogP contribution in [0.25, 0.3) is 0 Å². The second-order valence-corrected chi connectivity index (χ2v) is 5.70. The van der Waals surface area contributed by atoms with E-state index in [-0.39, 0.29) is 0 Å². The molecule has 90 valence electrons. The van der Waals surface area contributed by atoms with E-state index in [1.807, 2.05) is 11.8 Å². The summed E-state index contributed by atoms with van der Waals surface area (Å²) in [6.45, 7) is 4.72. The molecule has 0 aliphatic carbocycles. The first-order valence-electron chi connectivity index (χ1n) is 6.66. The number of nitrogens with zero attached hydrogens (tertiary/aromatic N) is 1. The molecule has 0 N–H and O–H groups in total. The summed E-state index contributed by atoms with van der Waals surface area (Å²) in [5.41, 5.74) is 3.16. The number of rotatable bonds is 7. The van der Waals surface area contributed by atoms with E-state index in [9.17, 15) is 0 Å². The molecule has 16 heavy (non-hydrogen) atoms. The molecule has 0 bridgehead atoms. The highest BCUT2D eigenvalue weighted by Crippen LogP contribution is 2.32. The van der Waals surface area contributed by atoms with Crippen molar-refractivity contribution in [3.8, 4) is 0 Å². The number of fused-ring (bicyclic) bond motifs is 1. The Kier molecular flexibility index (Phi) is 4.83. The van der Waals surface area contributed by atoms with Gasteiger partial charge in [-0.25, -0.2) is 0 Å². The van der Waals surface area contributed by atoms with Crippen molar-refractivity contribution in [1.29, 1.82) is 0 Å². The Hall–Kier alpha value is -0.370. The van der Waals surface area contributed by atoms with Gasteiger partial charge < -0.3 is 4.90 Å². The summed E-state index contributed by atoms with van der Waals surface area (Å²) in [5.74, 6) is 1.21. The van der Waals surface area contributed by atoms with Gasteiger partial charge in [-0.15, -0.1) is 11.8 Å². The average Bonchev–Trinajstić information content (AvgIpc) is 2.83. The lowest BCUT2D eigenvalue weighted by Gasteiger charge is -2.15. The number of thioether (sulfide) groups is 1. The third kappa shape index (κ3) is 3.31. The van der Waals surface area contributed by atoms with Crippen LogP contribution in [0.5, 0.6) is 0 Å². The summed E-state index contributed by atoms with van der Waals surface area (Å²) in [6.07, 6.45) is 10.8. The van der Waals surface area contributed by atoms with Crippen LogP contribution in [0.3, 0.4) is 0 Å². The third-order valence-electron chi connectivity index (χ3n) is 3.39. The molecule has 0 unspecified atom stereocenters. The number of unbranched alkanes of at least 4 members (excludes halogenated alkanes) is 5. The second-order valence-electron chi connectivity index (χ2n) is 4.85. The van der Waals surface area contributed by atoms with Crippen LogP contribution in [-0.2, 0) is 0 Å². The Morgan fingerprint density at radius 3 is 2.75 bits per heavy atom. The summed E-state index contributed by atoms with van der Waals surface area (Å²) >= 11 is 1.95. The van der Waals surface area contributed by atoms with Gasteiger partial charge >= 0.3 is 0 Å². The van der Waals surface area contributed by atoms with E-state index in [4.69, 9.17) is 0 Å². The first-order chi connectivity index (χ1) is 7.90. The Labute approximate surface area is 104 Å². The van der Waals surface area contributed by atoms with Gasteiger partial charge in [0.2, 0.25) is 0 Å². The molecule has 2 heteroatoms. The minimum atomic E-state index is 1.18. The van der Waals surface area contributed by atoms with Gasteiger partial charge in [-0.3, -0.25) is 0 Å². The molecule has 0 aromatic heterocycles. The molecule has 0 amide bonds. The summed E-state index contributed by atoms with van der Waals surface area (Å²) in [7, 11) is 0. The summed E-state index contributed by atoms with van der Waals surface area (Å²) in [6, 6.07) is 0. The van der Waals surface area contributed by atoms with E-state index in [1.54, 1.807) is 11.1 Å². The van der Waals surface area contributed by atoms with Gasteiger partial charge in [-0.1, -0.05) is 39.0 Å². The van der Waals surface area contributed by atoms with Crippen molar-refractivity contribution in [1.82, 2.24) is 4.90 Å². The molecule has 0 fully saturated rings. The lowest BCUT2D eigenvalue weighted by molar-refractivity contribution is 0.404. The second kappa shape index (κ2) is 6.39. The standard InChI is InChI=1S/C14H23NS/c1-2-3-4-5-6-7-8-15-9-13-11-16-12-14(13)10-15/h9,12H,2-8,10-11H2,1H3. The van der Waals surface area contributed by atoms with Crippen LogP contribution in [0.1, 0.15) is 45.4 Å².